The van der Waals surface area contributed by atoms with Crippen molar-refractivity contribution in [2.24, 2.45) is 23.2 Å². The fourth-order valence-corrected chi connectivity index (χ4v) is 5.01. The summed E-state index contributed by atoms with van der Waals surface area (Å²) in [7, 11) is 0. The number of hydrogen-bond donors (Lipinski definition) is 0. The minimum atomic E-state index is -0.136. The molecule has 1 nitrogen and oxygen atoms in total. The third-order valence-electron chi connectivity index (χ3n) is 6.83. The van der Waals surface area contributed by atoms with Crippen LogP contribution in [-0.2, 0) is 0 Å². The lowest BCUT2D eigenvalue weighted by Gasteiger charge is -2.39. The van der Waals surface area contributed by atoms with E-state index in [0.29, 0.717) is 0 Å². The normalized spacial score (nSPS) is 34.3. The minimum Gasteiger partial charge on any atom is -0.197 e. The molecule has 0 bridgehead atoms. The Morgan fingerprint density at radius 2 is 1.54 bits per heavy atom. The quantitative estimate of drug-likeness (QED) is 0.335. The van der Waals surface area contributed by atoms with Crippen molar-refractivity contribution in [2.75, 3.05) is 0 Å². The van der Waals surface area contributed by atoms with Gasteiger partial charge in [-0.3, -0.25) is 0 Å². The summed E-state index contributed by atoms with van der Waals surface area (Å²) >= 11 is 0. The summed E-state index contributed by atoms with van der Waals surface area (Å²) in [6.45, 7) is 4.54. The van der Waals surface area contributed by atoms with Crippen LogP contribution in [0.4, 0.5) is 0 Å². The number of rotatable bonds is 8. The zero-order valence-corrected chi connectivity index (χ0v) is 16.2. The maximum atomic E-state index is 9.71. The second-order valence-corrected chi connectivity index (χ2v) is 8.57. The molecule has 0 aromatic heterocycles. The summed E-state index contributed by atoms with van der Waals surface area (Å²) < 4.78 is 0. The molecule has 0 aromatic rings. The van der Waals surface area contributed by atoms with E-state index in [4.69, 9.17) is 0 Å². The molecule has 1 heteroatoms. The molecule has 0 spiro atoms. The SMILES string of the molecule is CCCCC=CC1(C#N)CCC(C2CCC(CCCC)CC2)CC1. The zero-order valence-electron chi connectivity index (χ0n) is 16.2. The van der Waals surface area contributed by atoms with Crippen LogP contribution in [0, 0.1) is 34.5 Å². The molecule has 0 saturated heterocycles. The first kappa shape index (κ1) is 19.6. The topological polar surface area (TPSA) is 23.8 Å². The Bertz CT molecular complexity index is 400. The van der Waals surface area contributed by atoms with Gasteiger partial charge < -0.3 is 0 Å². The largest absolute Gasteiger partial charge is 0.197 e. The molecular weight excluding hydrogens is 290 g/mol. The third-order valence-corrected chi connectivity index (χ3v) is 6.83. The third kappa shape index (κ3) is 5.65. The molecule has 0 aliphatic heterocycles. The van der Waals surface area contributed by atoms with E-state index in [1.54, 1.807) is 0 Å². The van der Waals surface area contributed by atoms with Crippen molar-refractivity contribution in [3.8, 4) is 6.07 Å². The average Bonchev–Trinajstić information content (AvgIpc) is 2.64. The van der Waals surface area contributed by atoms with Gasteiger partial charge in [0.1, 0.15) is 0 Å². The highest BCUT2D eigenvalue weighted by Gasteiger charge is 2.37. The van der Waals surface area contributed by atoms with Crippen molar-refractivity contribution in [1.82, 2.24) is 0 Å². The lowest BCUT2D eigenvalue weighted by molar-refractivity contribution is 0.136. The predicted octanol–water partition coefficient (Wildman–Crippen LogP) is 7.43. The second kappa shape index (κ2) is 10.3. The fourth-order valence-electron chi connectivity index (χ4n) is 5.01. The maximum absolute atomic E-state index is 9.71. The Hall–Kier alpha value is -0.770. The summed E-state index contributed by atoms with van der Waals surface area (Å²) in [5.74, 6) is 2.88. The highest BCUT2D eigenvalue weighted by Crippen LogP contribution is 2.46. The summed E-state index contributed by atoms with van der Waals surface area (Å²) in [4.78, 5) is 0. The highest BCUT2D eigenvalue weighted by atomic mass is 14.4. The van der Waals surface area contributed by atoms with Crippen molar-refractivity contribution in [1.29, 1.82) is 5.26 Å². The van der Waals surface area contributed by atoms with Crippen LogP contribution in [0.25, 0.3) is 0 Å². The smallest absolute Gasteiger partial charge is 0.0753 e. The molecule has 136 valence electrons. The van der Waals surface area contributed by atoms with Crippen LogP contribution in [0.15, 0.2) is 12.2 Å². The number of nitriles is 1. The average molecular weight is 330 g/mol. The maximum Gasteiger partial charge on any atom is 0.0753 e. The van der Waals surface area contributed by atoms with Crippen LogP contribution < -0.4 is 0 Å². The lowest BCUT2D eigenvalue weighted by atomic mass is 9.64. The summed E-state index contributed by atoms with van der Waals surface area (Å²) in [5.41, 5.74) is -0.136. The van der Waals surface area contributed by atoms with Crippen LogP contribution in [-0.4, -0.2) is 0 Å². The van der Waals surface area contributed by atoms with Crippen LogP contribution in [0.5, 0.6) is 0 Å². The van der Waals surface area contributed by atoms with Gasteiger partial charge >= 0.3 is 0 Å². The van der Waals surface area contributed by atoms with Crippen LogP contribution in [0.3, 0.4) is 0 Å². The van der Waals surface area contributed by atoms with E-state index in [1.165, 1.54) is 70.6 Å². The van der Waals surface area contributed by atoms with Gasteiger partial charge in [0.2, 0.25) is 0 Å². The molecule has 0 amide bonds. The van der Waals surface area contributed by atoms with Crippen molar-refractivity contribution in [3.63, 3.8) is 0 Å². The van der Waals surface area contributed by atoms with Crippen molar-refractivity contribution in [3.05, 3.63) is 12.2 Å². The molecule has 2 saturated carbocycles. The van der Waals surface area contributed by atoms with Gasteiger partial charge in [0.25, 0.3) is 0 Å². The second-order valence-electron chi connectivity index (χ2n) is 8.57. The lowest BCUT2D eigenvalue weighted by Crippen LogP contribution is -2.30. The van der Waals surface area contributed by atoms with Crippen LogP contribution in [0.1, 0.15) is 104 Å². The molecule has 2 fully saturated rings. The fraction of sp³-hybridized carbons (Fsp3) is 0.870. The number of allylic oxidation sites excluding steroid dienone is 2. The van der Waals surface area contributed by atoms with Crippen molar-refractivity contribution >= 4 is 0 Å². The van der Waals surface area contributed by atoms with Crippen molar-refractivity contribution < 1.29 is 0 Å². The Morgan fingerprint density at radius 3 is 2.12 bits per heavy atom. The minimum absolute atomic E-state index is 0.136. The van der Waals surface area contributed by atoms with Gasteiger partial charge in [-0.2, -0.15) is 5.26 Å². The molecule has 0 aromatic carbocycles. The molecule has 0 atom stereocenters. The van der Waals surface area contributed by atoms with E-state index in [-0.39, 0.29) is 5.41 Å². The molecular formula is C23H39N. The molecule has 0 radical (unpaired) electrons. The first-order valence-electron chi connectivity index (χ1n) is 10.8. The highest BCUT2D eigenvalue weighted by molar-refractivity contribution is 5.14. The molecule has 2 aliphatic carbocycles. The molecule has 0 N–H and O–H groups in total. The van der Waals surface area contributed by atoms with E-state index in [2.05, 4.69) is 32.1 Å². The van der Waals surface area contributed by atoms with Crippen LogP contribution >= 0.6 is 0 Å². The Morgan fingerprint density at radius 1 is 0.917 bits per heavy atom. The van der Waals surface area contributed by atoms with Gasteiger partial charge in [-0.05, 0) is 62.7 Å². The first-order chi connectivity index (χ1) is 11.7. The van der Waals surface area contributed by atoms with Gasteiger partial charge in [0.15, 0.2) is 0 Å². The molecule has 2 aliphatic rings. The summed E-state index contributed by atoms with van der Waals surface area (Å²) in [5, 5.41) is 9.71. The first-order valence-corrected chi connectivity index (χ1v) is 10.8. The van der Waals surface area contributed by atoms with E-state index in [9.17, 15) is 5.26 Å². The molecule has 2 rings (SSSR count). The number of nitrogens with zero attached hydrogens (tertiary/aromatic N) is 1. The van der Waals surface area contributed by atoms with E-state index in [0.717, 1.165) is 37.0 Å². The molecule has 0 heterocycles. The zero-order chi connectivity index (χ0) is 17.3. The van der Waals surface area contributed by atoms with Gasteiger partial charge in [0.05, 0.1) is 11.5 Å². The number of unbranched alkanes of at least 4 members (excludes halogenated alkanes) is 3. The standard InChI is InChI=1S/C23H39N/c1-3-5-7-8-16-23(19-24)17-14-22(15-18-23)21-12-10-20(11-13-21)9-6-4-2/h8,16,20-22H,3-7,9-15,17-18H2,1-2H3. The number of hydrogen-bond acceptors (Lipinski definition) is 1. The Balaban J connectivity index is 1.76. The van der Waals surface area contributed by atoms with E-state index in [1.807, 2.05) is 0 Å². The Labute approximate surface area is 150 Å². The Kier molecular flexibility index (Phi) is 8.37. The molecule has 24 heavy (non-hydrogen) atoms. The van der Waals surface area contributed by atoms with Gasteiger partial charge in [-0.15, -0.1) is 0 Å². The van der Waals surface area contributed by atoms with Gasteiger partial charge in [-0.1, -0.05) is 70.9 Å². The summed E-state index contributed by atoms with van der Waals surface area (Å²) in [6.07, 6.45) is 23.1. The summed E-state index contributed by atoms with van der Waals surface area (Å²) in [6, 6.07) is 2.66. The monoisotopic (exact) mass is 329 g/mol. The van der Waals surface area contributed by atoms with Gasteiger partial charge in [-0.25, -0.2) is 0 Å². The van der Waals surface area contributed by atoms with Crippen molar-refractivity contribution in [2.45, 2.75) is 104 Å². The predicted molar refractivity (Wildman–Crippen MR) is 104 cm³/mol. The van der Waals surface area contributed by atoms with Crippen LogP contribution in [0.2, 0.25) is 0 Å². The van der Waals surface area contributed by atoms with E-state index >= 15 is 0 Å². The molecule has 0 unspecified atom stereocenters. The van der Waals surface area contributed by atoms with E-state index < -0.39 is 0 Å². The van der Waals surface area contributed by atoms with Gasteiger partial charge in [0, 0.05) is 0 Å².